The third-order valence-corrected chi connectivity index (χ3v) is 2.91. The van der Waals surface area contributed by atoms with Crippen LogP contribution in [-0.4, -0.2) is 42.0 Å². The number of nitrogens with one attached hydrogen (secondary N) is 1. The number of methoxy groups -OCH3 is 1. The van der Waals surface area contributed by atoms with Crippen molar-refractivity contribution in [2.45, 2.75) is 6.04 Å². The molecule has 1 fully saturated rings. The average molecular weight is 262 g/mol. The molecule has 0 bridgehead atoms. The number of morpholine rings is 1. The van der Waals surface area contributed by atoms with Crippen molar-refractivity contribution < 1.29 is 14.0 Å². The van der Waals surface area contributed by atoms with Crippen molar-refractivity contribution in [2.75, 3.05) is 26.9 Å². The lowest BCUT2D eigenvalue weighted by Gasteiger charge is -2.20. The Labute approximate surface area is 109 Å². The van der Waals surface area contributed by atoms with E-state index in [2.05, 4.69) is 20.4 Å². The maximum absolute atomic E-state index is 5.38. The topological polar surface area (TPSA) is 82.3 Å². The highest BCUT2D eigenvalue weighted by Gasteiger charge is 2.22. The molecule has 0 saturated carbocycles. The molecule has 1 aliphatic heterocycles. The van der Waals surface area contributed by atoms with E-state index in [-0.39, 0.29) is 6.04 Å². The summed E-state index contributed by atoms with van der Waals surface area (Å²) in [6.45, 7) is 2.04. The van der Waals surface area contributed by atoms with Crippen LogP contribution < -0.4 is 10.1 Å². The number of nitrogens with zero attached hydrogens (tertiary/aromatic N) is 3. The summed E-state index contributed by atoms with van der Waals surface area (Å²) in [5.74, 6) is 1.61. The molecule has 2 aromatic rings. The van der Waals surface area contributed by atoms with Gasteiger partial charge < -0.3 is 19.3 Å². The Kier molecular flexibility index (Phi) is 3.39. The van der Waals surface area contributed by atoms with E-state index in [0.717, 1.165) is 12.1 Å². The van der Waals surface area contributed by atoms with Gasteiger partial charge in [0.25, 0.3) is 5.89 Å². The van der Waals surface area contributed by atoms with Crippen LogP contribution in [-0.2, 0) is 4.74 Å². The molecule has 19 heavy (non-hydrogen) atoms. The second-order valence-electron chi connectivity index (χ2n) is 4.12. The Balaban J connectivity index is 1.88. The molecule has 1 N–H and O–H groups in total. The van der Waals surface area contributed by atoms with Gasteiger partial charge in [0.05, 0.1) is 38.1 Å². The first kappa shape index (κ1) is 12.1. The van der Waals surface area contributed by atoms with E-state index in [0.29, 0.717) is 30.7 Å². The van der Waals surface area contributed by atoms with Crippen LogP contribution >= 0.6 is 0 Å². The number of aromatic nitrogens is 3. The molecular formula is C12H14N4O3. The Morgan fingerprint density at radius 2 is 2.42 bits per heavy atom. The summed E-state index contributed by atoms with van der Waals surface area (Å²) in [5.41, 5.74) is 0.730. The fraction of sp³-hybridized carbons (Fsp3) is 0.417. The number of hydrogen-bond donors (Lipinski definition) is 1. The van der Waals surface area contributed by atoms with Crippen LogP contribution in [0.2, 0.25) is 0 Å². The Hall–Kier alpha value is -1.99. The predicted octanol–water partition coefficient (Wildman–Crippen LogP) is 0.801. The molecule has 3 heterocycles. The van der Waals surface area contributed by atoms with E-state index in [1.807, 2.05) is 0 Å². The lowest BCUT2D eigenvalue weighted by molar-refractivity contribution is 0.0734. The SMILES string of the molecule is COc1cnccc1-c1nc(C2COCCN2)no1. The summed E-state index contributed by atoms with van der Waals surface area (Å²) < 4.78 is 15.9. The molecule has 7 nitrogen and oxygen atoms in total. The van der Waals surface area contributed by atoms with Crippen LogP contribution in [0.4, 0.5) is 0 Å². The zero-order valence-corrected chi connectivity index (χ0v) is 10.5. The maximum Gasteiger partial charge on any atom is 0.261 e. The van der Waals surface area contributed by atoms with Crippen molar-refractivity contribution in [1.29, 1.82) is 0 Å². The minimum Gasteiger partial charge on any atom is -0.494 e. The number of rotatable bonds is 3. The van der Waals surface area contributed by atoms with Crippen molar-refractivity contribution in [1.82, 2.24) is 20.4 Å². The number of hydrogen-bond acceptors (Lipinski definition) is 7. The molecule has 7 heteroatoms. The Morgan fingerprint density at radius 1 is 1.47 bits per heavy atom. The van der Waals surface area contributed by atoms with Gasteiger partial charge in [-0.2, -0.15) is 4.98 Å². The van der Waals surface area contributed by atoms with Crippen molar-refractivity contribution in [3.8, 4) is 17.2 Å². The van der Waals surface area contributed by atoms with Gasteiger partial charge in [0.1, 0.15) is 5.75 Å². The van der Waals surface area contributed by atoms with E-state index in [9.17, 15) is 0 Å². The highest BCUT2D eigenvalue weighted by molar-refractivity contribution is 5.61. The smallest absolute Gasteiger partial charge is 0.261 e. The van der Waals surface area contributed by atoms with Crippen molar-refractivity contribution in [3.05, 3.63) is 24.3 Å². The molecule has 0 spiro atoms. The fourth-order valence-electron chi connectivity index (χ4n) is 1.94. The highest BCUT2D eigenvalue weighted by atomic mass is 16.5. The van der Waals surface area contributed by atoms with Crippen LogP contribution in [0.5, 0.6) is 5.75 Å². The lowest BCUT2D eigenvalue weighted by atomic mass is 10.2. The molecule has 0 aliphatic carbocycles. The van der Waals surface area contributed by atoms with Crippen molar-refractivity contribution in [3.63, 3.8) is 0 Å². The standard InChI is InChI=1S/C12H14N4O3/c1-17-10-6-13-3-2-8(10)12-15-11(16-19-12)9-7-18-5-4-14-9/h2-3,6,9,14H,4-5,7H2,1H3. The quantitative estimate of drug-likeness (QED) is 0.876. The van der Waals surface area contributed by atoms with Crippen LogP contribution in [0.3, 0.4) is 0 Å². The van der Waals surface area contributed by atoms with Crippen LogP contribution in [0.1, 0.15) is 11.9 Å². The molecule has 0 radical (unpaired) electrons. The molecule has 0 amide bonds. The summed E-state index contributed by atoms with van der Waals surface area (Å²) in [7, 11) is 1.58. The lowest BCUT2D eigenvalue weighted by Crippen LogP contribution is -2.35. The first-order chi connectivity index (χ1) is 9.38. The molecule has 100 valence electrons. The first-order valence-corrected chi connectivity index (χ1v) is 6.01. The van der Waals surface area contributed by atoms with Crippen molar-refractivity contribution in [2.24, 2.45) is 0 Å². The Morgan fingerprint density at radius 3 is 3.21 bits per heavy atom. The molecule has 3 rings (SSSR count). The molecule has 2 aromatic heterocycles. The molecule has 1 atom stereocenters. The van der Waals surface area contributed by atoms with E-state index in [1.165, 1.54) is 0 Å². The van der Waals surface area contributed by atoms with E-state index in [4.69, 9.17) is 14.0 Å². The van der Waals surface area contributed by atoms with Crippen LogP contribution in [0.15, 0.2) is 23.0 Å². The van der Waals surface area contributed by atoms with E-state index >= 15 is 0 Å². The van der Waals surface area contributed by atoms with Gasteiger partial charge in [-0.25, -0.2) is 0 Å². The van der Waals surface area contributed by atoms with Gasteiger partial charge >= 0.3 is 0 Å². The highest BCUT2D eigenvalue weighted by Crippen LogP contribution is 2.28. The van der Waals surface area contributed by atoms with Gasteiger partial charge in [-0.1, -0.05) is 5.16 Å². The van der Waals surface area contributed by atoms with Gasteiger partial charge in [-0.3, -0.25) is 4.98 Å². The minimum atomic E-state index is -0.0286. The Bertz CT molecular complexity index is 551. The second-order valence-corrected chi connectivity index (χ2v) is 4.12. The average Bonchev–Trinajstić information content (AvgIpc) is 2.98. The molecular weight excluding hydrogens is 248 g/mol. The molecule has 1 saturated heterocycles. The maximum atomic E-state index is 5.38. The van der Waals surface area contributed by atoms with Crippen LogP contribution in [0.25, 0.3) is 11.5 Å². The largest absolute Gasteiger partial charge is 0.494 e. The van der Waals surface area contributed by atoms with Gasteiger partial charge in [-0.15, -0.1) is 0 Å². The molecule has 1 unspecified atom stereocenters. The third kappa shape index (κ3) is 2.42. The monoisotopic (exact) mass is 262 g/mol. The first-order valence-electron chi connectivity index (χ1n) is 6.01. The van der Waals surface area contributed by atoms with Gasteiger partial charge in [-0.05, 0) is 6.07 Å². The number of ether oxygens (including phenoxy) is 2. The molecule has 0 aromatic carbocycles. The second kappa shape index (κ2) is 5.33. The molecule has 1 aliphatic rings. The summed E-state index contributed by atoms with van der Waals surface area (Å²) in [6.07, 6.45) is 3.27. The third-order valence-electron chi connectivity index (χ3n) is 2.91. The fourth-order valence-corrected chi connectivity index (χ4v) is 1.94. The van der Waals surface area contributed by atoms with E-state index in [1.54, 1.807) is 25.6 Å². The summed E-state index contributed by atoms with van der Waals surface area (Å²) in [5, 5.41) is 7.26. The van der Waals surface area contributed by atoms with Crippen molar-refractivity contribution >= 4 is 0 Å². The number of pyridine rings is 1. The minimum absolute atomic E-state index is 0.0286. The summed E-state index contributed by atoms with van der Waals surface area (Å²) >= 11 is 0. The zero-order chi connectivity index (χ0) is 13.1. The normalized spacial score (nSPS) is 19.3. The van der Waals surface area contributed by atoms with E-state index < -0.39 is 0 Å². The summed E-state index contributed by atoms with van der Waals surface area (Å²) in [4.78, 5) is 8.38. The van der Waals surface area contributed by atoms with Crippen LogP contribution in [0, 0.1) is 0 Å². The van der Waals surface area contributed by atoms with Gasteiger partial charge in [0.15, 0.2) is 5.82 Å². The van der Waals surface area contributed by atoms with Gasteiger partial charge in [0, 0.05) is 12.7 Å². The van der Waals surface area contributed by atoms with Gasteiger partial charge in [0.2, 0.25) is 0 Å². The summed E-state index contributed by atoms with van der Waals surface area (Å²) in [6, 6.07) is 1.75. The predicted molar refractivity (Wildman–Crippen MR) is 65.6 cm³/mol. The zero-order valence-electron chi connectivity index (χ0n) is 10.5.